The molecule has 8 heteroatoms. The summed E-state index contributed by atoms with van der Waals surface area (Å²) in [6, 6.07) is 7.66. The van der Waals surface area contributed by atoms with Crippen molar-refractivity contribution in [1.29, 1.82) is 0 Å². The Bertz CT molecular complexity index is 771. The zero-order chi connectivity index (χ0) is 20.1. The predicted octanol–water partition coefficient (Wildman–Crippen LogP) is 1.99. The monoisotopic (exact) mass is 385 g/mol. The minimum atomic E-state index is -0.327. The number of rotatable bonds is 6. The number of hydrazone groups is 1. The molecule has 2 aliphatic heterocycles. The van der Waals surface area contributed by atoms with Crippen molar-refractivity contribution in [2.75, 3.05) is 26.7 Å². The molecule has 3 rings (SSSR count). The minimum absolute atomic E-state index is 0.0760. The van der Waals surface area contributed by atoms with Crippen molar-refractivity contribution in [2.45, 2.75) is 31.8 Å². The number of benzene rings is 1. The Morgan fingerprint density at radius 3 is 2.79 bits per heavy atom. The number of nitrogens with zero attached hydrogens (tertiary/aromatic N) is 4. The van der Waals surface area contributed by atoms with E-state index in [2.05, 4.69) is 17.1 Å². The third-order valence-electron chi connectivity index (χ3n) is 5.49. The van der Waals surface area contributed by atoms with E-state index in [1.807, 2.05) is 34.1 Å². The lowest BCUT2D eigenvalue weighted by Crippen LogP contribution is -2.54. The summed E-state index contributed by atoms with van der Waals surface area (Å²) in [5, 5.41) is 4.01. The van der Waals surface area contributed by atoms with E-state index in [4.69, 9.17) is 4.74 Å². The van der Waals surface area contributed by atoms with Gasteiger partial charge in [0.1, 0.15) is 12.1 Å². The van der Waals surface area contributed by atoms with E-state index in [1.54, 1.807) is 18.9 Å². The fourth-order valence-electron chi connectivity index (χ4n) is 3.93. The van der Waals surface area contributed by atoms with Crippen LogP contribution in [0.15, 0.2) is 42.1 Å². The lowest BCUT2D eigenvalue weighted by atomic mass is 9.86. The van der Waals surface area contributed by atoms with Gasteiger partial charge < -0.3 is 14.5 Å². The molecule has 0 atom stereocenters. The zero-order valence-electron chi connectivity index (χ0n) is 16.4. The number of amides is 3. The van der Waals surface area contributed by atoms with Gasteiger partial charge in [-0.2, -0.15) is 5.10 Å². The van der Waals surface area contributed by atoms with Crippen LogP contribution in [0.4, 0.5) is 4.79 Å². The van der Waals surface area contributed by atoms with Gasteiger partial charge >= 0.3 is 6.03 Å². The van der Waals surface area contributed by atoms with Crippen LogP contribution in [-0.4, -0.2) is 65.3 Å². The number of hydrogen-bond donors (Lipinski definition) is 1. The molecule has 2 aliphatic rings. The molecule has 28 heavy (non-hydrogen) atoms. The molecular formula is C20H27N5O3. The maximum atomic E-state index is 13.1. The molecule has 1 spiro atoms. The van der Waals surface area contributed by atoms with Gasteiger partial charge in [0.25, 0.3) is 0 Å². The van der Waals surface area contributed by atoms with Crippen LogP contribution in [0.3, 0.4) is 0 Å². The van der Waals surface area contributed by atoms with E-state index < -0.39 is 0 Å². The molecule has 2 saturated heterocycles. The lowest BCUT2D eigenvalue weighted by Gasteiger charge is -2.43. The average molecular weight is 385 g/mol. The van der Waals surface area contributed by atoms with Crippen molar-refractivity contribution in [3.8, 4) is 5.75 Å². The molecular weight excluding hydrogens is 358 g/mol. The van der Waals surface area contributed by atoms with Gasteiger partial charge in [-0.3, -0.25) is 15.1 Å². The van der Waals surface area contributed by atoms with Gasteiger partial charge in [0.2, 0.25) is 5.91 Å². The zero-order valence-corrected chi connectivity index (χ0v) is 16.4. The number of ether oxygens (including phenoxy) is 1. The first kappa shape index (κ1) is 19.7. The summed E-state index contributed by atoms with van der Waals surface area (Å²) in [5.41, 5.74) is 3.32. The fourth-order valence-corrected chi connectivity index (χ4v) is 3.93. The summed E-state index contributed by atoms with van der Waals surface area (Å²) in [7, 11) is 1.63. The molecule has 1 aromatic rings. The Hall–Kier alpha value is -3.03. The number of hydrogen-bond acceptors (Lipinski definition) is 5. The summed E-state index contributed by atoms with van der Waals surface area (Å²) in [4.78, 5) is 30.3. The van der Waals surface area contributed by atoms with Crippen molar-refractivity contribution in [3.05, 3.63) is 42.6 Å². The molecule has 0 saturated carbocycles. The highest BCUT2D eigenvalue weighted by atomic mass is 16.5. The molecule has 3 amide bonds. The van der Waals surface area contributed by atoms with E-state index in [-0.39, 0.29) is 17.5 Å². The molecule has 0 radical (unpaired) electrons. The lowest BCUT2D eigenvalue weighted by molar-refractivity contribution is -0.131. The maximum Gasteiger partial charge on any atom is 0.326 e. The highest BCUT2D eigenvalue weighted by Gasteiger charge is 2.50. The van der Waals surface area contributed by atoms with Crippen LogP contribution in [-0.2, 0) is 11.3 Å². The van der Waals surface area contributed by atoms with Crippen LogP contribution in [0.1, 0.15) is 25.3 Å². The average Bonchev–Trinajstić information content (AvgIpc) is 2.94. The smallest absolute Gasteiger partial charge is 0.326 e. The third-order valence-corrected chi connectivity index (χ3v) is 5.49. The van der Waals surface area contributed by atoms with Crippen LogP contribution in [0.5, 0.6) is 5.75 Å². The van der Waals surface area contributed by atoms with Crippen LogP contribution in [0.25, 0.3) is 0 Å². The summed E-state index contributed by atoms with van der Waals surface area (Å²) in [6.07, 6.45) is 4.43. The number of methoxy groups -OCH3 is 1. The van der Waals surface area contributed by atoms with E-state index >= 15 is 0 Å². The highest BCUT2D eigenvalue weighted by molar-refractivity contribution is 5.89. The third kappa shape index (κ3) is 3.95. The highest BCUT2D eigenvalue weighted by Crippen LogP contribution is 2.37. The van der Waals surface area contributed by atoms with Crippen molar-refractivity contribution in [2.24, 2.45) is 5.10 Å². The predicted molar refractivity (Wildman–Crippen MR) is 107 cm³/mol. The molecule has 8 nitrogen and oxygen atoms in total. The van der Waals surface area contributed by atoms with Crippen LogP contribution >= 0.6 is 0 Å². The largest absolute Gasteiger partial charge is 0.497 e. The molecule has 2 fully saturated rings. The number of nitrogens with one attached hydrogen (secondary N) is 1. The maximum absolute atomic E-state index is 13.1. The quantitative estimate of drug-likeness (QED) is 0.462. The number of carbonyl (C=O) groups excluding carboxylic acids is 2. The van der Waals surface area contributed by atoms with E-state index in [0.717, 1.165) is 24.2 Å². The Balaban J connectivity index is 1.85. The molecule has 0 aromatic heterocycles. The molecule has 0 unspecified atom stereocenters. The van der Waals surface area contributed by atoms with Crippen LogP contribution in [0, 0.1) is 0 Å². The van der Waals surface area contributed by atoms with E-state index in [1.165, 1.54) is 12.5 Å². The standard InChI is InChI=1S/C20H27N5O3/c1-4-21-22-15-24-14-20(8-10-23(11-9-20)16(2)26)25(19(24)27)13-17-6-5-7-18(12-17)28-3/h4-7,12,15,21H,1,8-11,13-14H2,2-3H3/b22-15-. The molecule has 0 aliphatic carbocycles. The normalized spacial score (nSPS) is 18.8. The van der Waals surface area contributed by atoms with Gasteiger partial charge in [0, 0.05) is 32.8 Å². The second-order valence-electron chi connectivity index (χ2n) is 7.16. The number of likely N-dealkylation sites (tertiary alicyclic amines) is 1. The summed E-state index contributed by atoms with van der Waals surface area (Å²) < 4.78 is 5.31. The fraction of sp³-hybridized carbons (Fsp3) is 0.450. The van der Waals surface area contributed by atoms with Gasteiger partial charge in [-0.15, -0.1) is 0 Å². The Morgan fingerprint density at radius 1 is 1.39 bits per heavy atom. The van der Waals surface area contributed by atoms with Crippen molar-refractivity contribution in [3.63, 3.8) is 0 Å². The SMILES string of the molecule is C=CN/N=C\N1CC2(CCN(C(C)=O)CC2)N(Cc2cccc(OC)c2)C1=O. The van der Waals surface area contributed by atoms with E-state index in [0.29, 0.717) is 26.2 Å². The van der Waals surface area contributed by atoms with Crippen molar-refractivity contribution in [1.82, 2.24) is 20.1 Å². The Morgan fingerprint density at radius 2 is 2.14 bits per heavy atom. The van der Waals surface area contributed by atoms with Crippen molar-refractivity contribution < 1.29 is 14.3 Å². The Kier molecular flexibility index (Phi) is 5.87. The van der Waals surface area contributed by atoms with Crippen LogP contribution in [0.2, 0.25) is 0 Å². The number of piperidine rings is 1. The summed E-state index contributed by atoms with van der Waals surface area (Å²) in [5.74, 6) is 0.838. The second-order valence-corrected chi connectivity index (χ2v) is 7.16. The van der Waals surface area contributed by atoms with Gasteiger partial charge in [0.15, 0.2) is 0 Å². The molecule has 1 aromatic carbocycles. The summed E-state index contributed by atoms with van der Waals surface area (Å²) in [6.45, 7) is 7.46. The Labute approximate surface area is 165 Å². The molecule has 2 heterocycles. The molecule has 150 valence electrons. The topological polar surface area (TPSA) is 77.5 Å². The first-order valence-electron chi connectivity index (χ1n) is 9.35. The van der Waals surface area contributed by atoms with E-state index in [9.17, 15) is 9.59 Å². The molecule has 1 N–H and O–H groups in total. The van der Waals surface area contributed by atoms with Gasteiger partial charge in [-0.05, 0) is 30.5 Å². The van der Waals surface area contributed by atoms with Gasteiger partial charge in [-0.1, -0.05) is 18.7 Å². The first-order valence-corrected chi connectivity index (χ1v) is 9.35. The minimum Gasteiger partial charge on any atom is -0.497 e. The van der Waals surface area contributed by atoms with Crippen molar-refractivity contribution >= 4 is 18.3 Å². The molecule has 0 bridgehead atoms. The summed E-state index contributed by atoms with van der Waals surface area (Å²) >= 11 is 0. The number of carbonyl (C=O) groups is 2. The second kappa shape index (κ2) is 8.33. The number of urea groups is 1. The van der Waals surface area contributed by atoms with Crippen LogP contribution < -0.4 is 10.2 Å². The van der Waals surface area contributed by atoms with Gasteiger partial charge in [-0.25, -0.2) is 4.79 Å². The van der Waals surface area contributed by atoms with Gasteiger partial charge in [0.05, 0.1) is 19.2 Å². The first-order chi connectivity index (χ1) is 13.5.